The summed E-state index contributed by atoms with van der Waals surface area (Å²) in [6, 6.07) is 11.4. The van der Waals surface area contributed by atoms with Crippen molar-refractivity contribution in [1.29, 1.82) is 0 Å². The van der Waals surface area contributed by atoms with E-state index in [1.807, 2.05) is 13.0 Å². The van der Waals surface area contributed by atoms with Crippen molar-refractivity contribution in [3.8, 4) is 5.75 Å². The highest BCUT2D eigenvalue weighted by molar-refractivity contribution is 6.14. The Labute approximate surface area is 120 Å². The van der Waals surface area contributed by atoms with Crippen molar-refractivity contribution in [2.24, 2.45) is 0 Å². The zero-order valence-electron chi connectivity index (χ0n) is 11.2. The molecular formula is C16H11NO4. The summed E-state index contributed by atoms with van der Waals surface area (Å²) in [6.07, 6.45) is 1.52. The van der Waals surface area contributed by atoms with E-state index in [1.54, 1.807) is 24.3 Å². The number of hydrogen-bond acceptors (Lipinski definition) is 4. The monoisotopic (exact) mass is 281 g/mol. The first kappa shape index (κ1) is 13.1. The third-order valence-corrected chi connectivity index (χ3v) is 3.20. The van der Waals surface area contributed by atoms with Crippen LogP contribution in [0.2, 0.25) is 0 Å². The molecule has 0 amide bonds. The smallest absolute Gasteiger partial charge is 0.270 e. The van der Waals surface area contributed by atoms with Crippen LogP contribution in [-0.4, -0.2) is 10.7 Å². The number of carbonyl (C=O) groups is 1. The first-order valence-electron chi connectivity index (χ1n) is 6.34. The van der Waals surface area contributed by atoms with Gasteiger partial charge in [-0.05, 0) is 30.7 Å². The lowest BCUT2D eigenvalue weighted by molar-refractivity contribution is -0.384. The van der Waals surface area contributed by atoms with E-state index in [-0.39, 0.29) is 17.2 Å². The second-order valence-electron chi connectivity index (χ2n) is 4.79. The number of nitro benzene ring substituents is 1. The van der Waals surface area contributed by atoms with Crippen molar-refractivity contribution >= 4 is 17.5 Å². The Morgan fingerprint density at radius 1 is 1.19 bits per heavy atom. The molecule has 5 heteroatoms. The summed E-state index contributed by atoms with van der Waals surface area (Å²) < 4.78 is 5.52. The van der Waals surface area contributed by atoms with Gasteiger partial charge >= 0.3 is 0 Å². The molecule has 0 radical (unpaired) electrons. The van der Waals surface area contributed by atoms with Gasteiger partial charge in [0, 0.05) is 12.1 Å². The maximum atomic E-state index is 12.2. The molecule has 3 rings (SSSR count). The summed E-state index contributed by atoms with van der Waals surface area (Å²) in [6.45, 7) is 1.90. The molecule has 0 N–H and O–H groups in total. The Kier molecular flexibility index (Phi) is 3.02. The quantitative estimate of drug-likeness (QED) is 0.479. The van der Waals surface area contributed by atoms with E-state index in [2.05, 4.69) is 0 Å². The molecule has 2 aromatic carbocycles. The fraction of sp³-hybridized carbons (Fsp3) is 0.0625. The highest BCUT2D eigenvalue weighted by atomic mass is 16.6. The van der Waals surface area contributed by atoms with E-state index in [4.69, 9.17) is 4.74 Å². The largest absolute Gasteiger partial charge is 0.452 e. The van der Waals surface area contributed by atoms with Gasteiger partial charge in [-0.2, -0.15) is 0 Å². The van der Waals surface area contributed by atoms with E-state index >= 15 is 0 Å². The number of ether oxygens (including phenoxy) is 1. The molecule has 0 unspecified atom stereocenters. The van der Waals surface area contributed by atoms with Crippen LogP contribution in [0.15, 0.2) is 48.2 Å². The van der Waals surface area contributed by atoms with Gasteiger partial charge in [0.2, 0.25) is 5.78 Å². The standard InChI is InChI=1S/C16H11NO4/c1-10-5-6-14-13(7-10)16(18)15(21-14)9-11-3-2-4-12(8-11)17(19)20/h2-9H,1H3/b15-9-. The van der Waals surface area contributed by atoms with E-state index in [0.717, 1.165) is 5.56 Å². The number of non-ortho nitro benzene ring substituents is 1. The summed E-state index contributed by atoms with van der Waals surface area (Å²) in [5.74, 6) is 0.485. The molecule has 0 saturated heterocycles. The van der Waals surface area contributed by atoms with Gasteiger partial charge in [0.05, 0.1) is 10.5 Å². The number of ketones is 1. The van der Waals surface area contributed by atoms with Crippen LogP contribution >= 0.6 is 0 Å². The number of Topliss-reactive ketones (excluding diaryl/α,β-unsaturated/α-hetero) is 1. The molecule has 1 aliphatic heterocycles. The molecule has 0 saturated carbocycles. The van der Waals surface area contributed by atoms with Gasteiger partial charge < -0.3 is 4.74 Å². The Morgan fingerprint density at radius 3 is 2.76 bits per heavy atom. The lowest BCUT2D eigenvalue weighted by Gasteiger charge is -1.99. The van der Waals surface area contributed by atoms with Crippen molar-refractivity contribution in [2.75, 3.05) is 0 Å². The Morgan fingerprint density at radius 2 is 2.00 bits per heavy atom. The molecule has 104 valence electrons. The summed E-state index contributed by atoms with van der Waals surface area (Å²) in [5.41, 5.74) is 2.02. The minimum atomic E-state index is -0.475. The summed E-state index contributed by atoms with van der Waals surface area (Å²) in [4.78, 5) is 22.5. The van der Waals surface area contributed by atoms with Crippen LogP contribution in [0.1, 0.15) is 21.5 Å². The van der Waals surface area contributed by atoms with Gasteiger partial charge in [-0.3, -0.25) is 14.9 Å². The van der Waals surface area contributed by atoms with Crippen molar-refractivity contribution in [3.05, 3.63) is 75.0 Å². The van der Waals surface area contributed by atoms with Crippen LogP contribution in [-0.2, 0) is 0 Å². The molecule has 0 bridgehead atoms. The third kappa shape index (κ3) is 2.41. The summed E-state index contributed by atoms with van der Waals surface area (Å²) >= 11 is 0. The first-order valence-corrected chi connectivity index (χ1v) is 6.34. The average Bonchev–Trinajstić information content (AvgIpc) is 2.76. The molecule has 0 aliphatic carbocycles. The van der Waals surface area contributed by atoms with E-state index in [9.17, 15) is 14.9 Å². The van der Waals surface area contributed by atoms with Crippen molar-refractivity contribution in [2.45, 2.75) is 6.92 Å². The number of benzene rings is 2. The molecule has 5 nitrogen and oxygen atoms in total. The molecule has 2 aromatic rings. The maximum absolute atomic E-state index is 12.2. The van der Waals surface area contributed by atoms with Crippen molar-refractivity contribution < 1.29 is 14.5 Å². The van der Waals surface area contributed by atoms with Crippen LogP contribution in [0.4, 0.5) is 5.69 Å². The maximum Gasteiger partial charge on any atom is 0.270 e. The number of nitro groups is 1. The lowest BCUT2D eigenvalue weighted by Crippen LogP contribution is -1.98. The Bertz CT molecular complexity index is 793. The number of nitrogens with zero attached hydrogens (tertiary/aromatic N) is 1. The predicted molar refractivity (Wildman–Crippen MR) is 77.2 cm³/mol. The van der Waals surface area contributed by atoms with E-state index in [0.29, 0.717) is 16.9 Å². The molecule has 1 aliphatic rings. The van der Waals surface area contributed by atoms with Crippen LogP contribution in [0, 0.1) is 17.0 Å². The Hall–Kier alpha value is -2.95. The van der Waals surface area contributed by atoms with Crippen LogP contribution in [0.25, 0.3) is 6.08 Å². The molecular weight excluding hydrogens is 270 g/mol. The normalized spacial score (nSPS) is 14.9. The van der Waals surface area contributed by atoms with Crippen LogP contribution in [0.3, 0.4) is 0 Å². The highest BCUT2D eigenvalue weighted by Crippen LogP contribution is 2.32. The number of hydrogen-bond donors (Lipinski definition) is 0. The average molecular weight is 281 g/mol. The van der Waals surface area contributed by atoms with Crippen molar-refractivity contribution in [1.82, 2.24) is 0 Å². The van der Waals surface area contributed by atoms with E-state index < -0.39 is 4.92 Å². The minimum absolute atomic E-state index is 0.0249. The highest BCUT2D eigenvalue weighted by Gasteiger charge is 2.27. The number of carbonyl (C=O) groups excluding carboxylic acids is 1. The fourth-order valence-electron chi connectivity index (χ4n) is 2.18. The van der Waals surface area contributed by atoms with Gasteiger partial charge in [0.1, 0.15) is 5.75 Å². The number of fused-ring (bicyclic) bond motifs is 1. The van der Waals surface area contributed by atoms with E-state index in [1.165, 1.54) is 18.2 Å². The third-order valence-electron chi connectivity index (χ3n) is 3.20. The number of aryl methyl sites for hydroxylation is 1. The second-order valence-corrected chi connectivity index (χ2v) is 4.79. The van der Waals surface area contributed by atoms with Gasteiger partial charge in [-0.1, -0.05) is 23.8 Å². The summed E-state index contributed by atoms with van der Waals surface area (Å²) in [5, 5.41) is 10.8. The van der Waals surface area contributed by atoms with Gasteiger partial charge in [-0.15, -0.1) is 0 Å². The lowest BCUT2D eigenvalue weighted by atomic mass is 10.1. The first-order chi connectivity index (χ1) is 10.0. The second kappa shape index (κ2) is 4.86. The molecule has 0 aromatic heterocycles. The molecule has 1 heterocycles. The SMILES string of the molecule is Cc1ccc2c(c1)C(=O)/C(=C/c1cccc([N+](=O)[O-])c1)O2. The van der Waals surface area contributed by atoms with Crippen LogP contribution < -0.4 is 4.74 Å². The summed E-state index contributed by atoms with van der Waals surface area (Å²) in [7, 11) is 0. The number of allylic oxidation sites excluding steroid dienone is 1. The molecule has 0 spiro atoms. The van der Waals surface area contributed by atoms with Gasteiger partial charge in [0.25, 0.3) is 5.69 Å². The predicted octanol–water partition coefficient (Wildman–Crippen LogP) is 3.52. The van der Waals surface area contributed by atoms with Gasteiger partial charge in [0.15, 0.2) is 5.76 Å². The van der Waals surface area contributed by atoms with Crippen LogP contribution in [0.5, 0.6) is 5.75 Å². The topological polar surface area (TPSA) is 69.4 Å². The van der Waals surface area contributed by atoms with Gasteiger partial charge in [-0.25, -0.2) is 0 Å². The molecule has 0 atom stereocenters. The van der Waals surface area contributed by atoms with Crippen molar-refractivity contribution in [3.63, 3.8) is 0 Å². The zero-order valence-corrected chi connectivity index (χ0v) is 11.2. The molecule has 21 heavy (non-hydrogen) atoms. The zero-order chi connectivity index (χ0) is 15.0. The molecule has 0 fully saturated rings. The number of rotatable bonds is 2. The Balaban J connectivity index is 1.98. The minimum Gasteiger partial charge on any atom is -0.452 e. The fourth-order valence-corrected chi connectivity index (χ4v) is 2.18.